The highest BCUT2D eigenvalue weighted by atomic mass is 35.5. The van der Waals surface area contributed by atoms with E-state index in [0.717, 1.165) is 5.56 Å². The molecule has 0 saturated carbocycles. The van der Waals surface area contributed by atoms with E-state index in [1.54, 1.807) is 29.2 Å². The third-order valence-electron chi connectivity index (χ3n) is 6.69. The van der Waals surface area contributed by atoms with Gasteiger partial charge in [0.25, 0.3) is 11.8 Å². The third-order valence-corrected chi connectivity index (χ3v) is 7.43. The summed E-state index contributed by atoms with van der Waals surface area (Å²) in [6.07, 6.45) is 0. The average molecular weight is 579 g/mol. The Bertz CT molecular complexity index is 1660. The first-order valence-electron chi connectivity index (χ1n) is 12.4. The molecule has 0 aliphatic carbocycles. The molecule has 0 unspecified atom stereocenters. The monoisotopic (exact) mass is 578 g/mol. The minimum Gasteiger partial charge on any atom is -0.465 e. The molecule has 3 aromatic carbocycles. The predicted molar refractivity (Wildman–Crippen MR) is 150 cm³/mol. The van der Waals surface area contributed by atoms with Crippen LogP contribution in [-0.2, 0) is 24.4 Å². The number of aromatic nitrogens is 2. The number of ether oxygens (including phenoxy) is 1. The molecule has 4 aromatic rings. The minimum absolute atomic E-state index is 0.0235. The van der Waals surface area contributed by atoms with Crippen LogP contribution in [0.3, 0.4) is 0 Å². The van der Waals surface area contributed by atoms with Gasteiger partial charge in [-0.05, 0) is 48.0 Å². The molecule has 1 aliphatic heterocycles. The maximum absolute atomic E-state index is 13.7. The summed E-state index contributed by atoms with van der Waals surface area (Å²) in [5.74, 6) is -1.30. The fourth-order valence-electron chi connectivity index (χ4n) is 4.64. The number of carbonyl (C=O) groups excluding carboxylic acids is 3. The lowest BCUT2D eigenvalue weighted by Gasteiger charge is -2.28. The number of fused-ring (bicyclic) bond motifs is 1. The lowest BCUT2D eigenvalue weighted by atomic mass is 10.1. The van der Waals surface area contributed by atoms with Gasteiger partial charge in [0.05, 0.1) is 40.6 Å². The van der Waals surface area contributed by atoms with Gasteiger partial charge in [0.2, 0.25) is 0 Å². The van der Waals surface area contributed by atoms with Gasteiger partial charge >= 0.3 is 11.7 Å². The summed E-state index contributed by atoms with van der Waals surface area (Å²) in [4.78, 5) is 54.1. The van der Waals surface area contributed by atoms with E-state index in [-0.39, 0.29) is 42.8 Å². The van der Waals surface area contributed by atoms with Crippen LogP contribution in [-0.4, -0.2) is 45.5 Å². The van der Waals surface area contributed by atoms with Crippen LogP contribution in [0.15, 0.2) is 77.6 Å². The van der Waals surface area contributed by atoms with Crippen LogP contribution in [0.25, 0.3) is 5.69 Å². The summed E-state index contributed by atoms with van der Waals surface area (Å²) in [5, 5.41) is 3.48. The predicted octanol–water partition coefficient (Wildman–Crippen LogP) is 4.32. The highest BCUT2D eigenvalue weighted by Gasteiger charge is 2.32. The number of hydrogen-bond acceptors (Lipinski definition) is 5. The lowest BCUT2D eigenvalue weighted by molar-refractivity contribution is 0.0600. The smallest absolute Gasteiger partial charge is 0.337 e. The Morgan fingerprint density at radius 3 is 2.27 bits per heavy atom. The quantitative estimate of drug-likeness (QED) is 0.343. The molecule has 1 aromatic heterocycles. The second-order valence-electron chi connectivity index (χ2n) is 9.13. The average Bonchev–Trinajstić information content (AvgIpc) is 3.28. The van der Waals surface area contributed by atoms with Gasteiger partial charge in [-0.1, -0.05) is 53.5 Å². The molecule has 0 spiro atoms. The summed E-state index contributed by atoms with van der Waals surface area (Å²) in [6, 6.07) is 20.2. The highest BCUT2D eigenvalue weighted by Crippen LogP contribution is 2.26. The highest BCUT2D eigenvalue weighted by molar-refractivity contribution is 6.42. The minimum atomic E-state index is -0.521. The number of imidazole rings is 1. The van der Waals surface area contributed by atoms with Crippen LogP contribution in [0.1, 0.15) is 42.5 Å². The van der Waals surface area contributed by atoms with Crippen molar-refractivity contribution in [1.82, 2.24) is 19.4 Å². The molecule has 2 heterocycles. The molecule has 0 fully saturated rings. The normalized spacial score (nSPS) is 12.5. The van der Waals surface area contributed by atoms with Crippen molar-refractivity contribution in [3.63, 3.8) is 0 Å². The summed E-state index contributed by atoms with van der Waals surface area (Å²) in [7, 11) is 1.28. The molecule has 0 bridgehead atoms. The number of carbonyl (C=O) groups is 3. The van der Waals surface area contributed by atoms with Crippen molar-refractivity contribution >= 4 is 41.0 Å². The zero-order chi connectivity index (χ0) is 28.4. The number of hydrogen-bond donors (Lipinski definition) is 1. The third kappa shape index (κ3) is 5.25. The van der Waals surface area contributed by atoms with Gasteiger partial charge in [-0.3, -0.25) is 18.7 Å². The second-order valence-corrected chi connectivity index (χ2v) is 9.94. The fourth-order valence-corrected chi connectivity index (χ4v) is 4.94. The standard InChI is InChI=1S/C29H24Cl2N4O5/c1-40-28(38)19-7-10-21(11-8-19)35-25(26(36)32-16-18-5-3-2-4-6-18)24-17-33(13-14-34(24)29(35)39)27(37)20-9-12-22(30)23(31)15-20/h2-12,15H,13-14,16-17H2,1H3,(H,32,36). The SMILES string of the molecule is COC(=O)c1ccc(-n2c(C(=O)NCc3ccccc3)c3n(c2=O)CCN(C(=O)c2ccc(Cl)c(Cl)c2)C3)cc1. The van der Waals surface area contributed by atoms with Gasteiger partial charge in [-0.2, -0.15) is 0 Å². The Labute approximate surface area is 239 Å². The van der Waals surface area contributed by atoms with Gasteiger partial charge in [0.15, 0.2) is 0 Å². The number of benzene rings is 3. The van der Waals surface area contributed by atoms with Crippen molar-refractivity contribution in [2.24, 2.45) is 0 Å². The van der Waals surface area contributed by atoms with Crippen molar-refractivity contribution in [3.05, 3.63) is 121 Å². The molecular weight excluding hydrogens is 555 g/mol. The van der Waals surface area contributed by atoms with Crippen molar-refractivity contribution < 1.29 is 19.1 Å². The second kappa shape index (κ2) is 11.4. The van der Waals surface area contributed by atoms with E-state index in [1.807, 2.05) is 30.3 Å². The summed E-state index contributed by atoms with van der Waals surface area (Å²) in [5.41, 5.74) is 2.01. The Kier molecular flexibility index (Phi) is 7.77. The number of rotatable bonds is 6. The molecule has 0 saturated heterocycles. The van der Waals surface area contributed by atoms with Crippen LogP contribution in [0.5, 0.6) is 0 Å². The largest absolute Gasteiger partial charge is 0.465 e. The first-order valence-corrected chi connectivity index (χ1v) is 13.1. The molecule has 204 valence electrons. The van der Waals surface area contributed by atoms with Gasteiger partial charge in [-0.25, -0.2) is 9.59 Å². The summed E-state index contributed by atoms with van der Waals surface area (Å²) >= 11 is 12.1. The van der Waals surface area contributed by atoms with Crippen molar-refractivity contribution in [2.75, 3.05) is 13.7 Å². The van der Waals surface area contributed by atoms with Crippen molar-refractivity contribution in [2.45, 2.75) is 19.6 Å². The number of esters is 1. The number of halogens is 2. The van der Waals surface area contributed by atoms with E-state index in [2.05, 4.69) is 5.32 Å². The molecule has 11 heteroatoms. The molecule has 0 radical (unpaired) electrons. The van der Waals surface area contributed by atoms with Crippen LogP contribution in [0.2, 0.25) is 10.0 Å². The van der Waals surface area contributed by atoms with E-state index in [9.17, 15) is 19.2 Å². The Morgan fingerprint density at radius 2 is 1.60 bits per heavy atom. The molecule has 2 amide bonds. The summed E-state index contributed by atoms with van der Waals surface area (Å²) < 4.78 is 7.58. The number of amides is 2. The number of nitrogens with zero attached hydrogens (tertiary/aromatic N) is 3. The zero-order valence-electron chi connectivity index (χ0n) is 21.4. The van der Waals surface area contributed by atoms with E-state index in [0.29, 0.717) is 27.5 Å². The molecule has 40 heavy (non-hydrogen) atoms. The van der Waals surface area contributed by atoms with E-state index >= 15 is 0 Å². The van der Waals surface area contributed by atoms with E-state index in [1.165, 1.54) is 34.4 Å². The number of nitrogens with one attached hydrogen (secondary N) is 1. The van der Waals surface area contributed by atoms with E-state index in [4.69, 9.17) is 27.9 Å². The first kappa shape index (κ1) is 27.2. The Hall–Kier alpha value is -4.34. The van der Waals surface area contributed by atoms with E-state index < -0.39 is 17.6 Å². The molecule has 9 nitrogen and oxygen atoms in total. The fraction of sp³-hybridized carbons (Fsp3) is 0.172. The van der Waals surface area contributed by atoms with Crippen molar-refractivity contribution in [3.8, 4) is 5.69 Å². The molecule has 1 aliphatic rings. The molecule has 5 rings (SSSR count). The maximum Gasteiger partial charge on any atom is 0.337 e. The first-order chi connectivity index (χ1) is 19.3. The molecular formula is C29H24Cl2N4O5. The topological polar surface area (TPSA) is 103 Å². The van der Waals surface area contributed by atoms with Crippen LogP contribution in [0.4, 0.5) is 0 Å². The van der Waals surface area contributed by atoms with Gasteiger partial charge in [0.1, 0.15) is 5.69 Å². The van der Waals surface area contributed by atoms with Crippen molar-refractivity contribution in [1.29, 1.82) is 0 Å². The number of methoxy groups -OCH3 is 1. The van der Waals surface area contributed by atoms with Crippen LogP contribution in [0, 0.1) is 0 Å². The lowest BCUT2D eigenvalue weighted by Crippen LogP contribution is -2.41. The Balaban J connectivity index is 1.54. The molecule has 0 atom stereocenters. The van der Waals surface area contributed by atoms with Crippen LogP contribution < -0.4 is 11.0 Å². The van der Waals surface area contributed by atoms with Gasteiger partial charge in [-0.15, -0.1) is 0 Å². The maximum atomic E-state index is 13.7. The summed E-state index contributed by atoms with van der Waals surface area (Å²) in [6.45, 7) is 0.705. The molecule has 1 N–H and O–H groups in total. The van der Waals surface area contributed by atoms with Crippen LogP contribution >= 0.6 is 23.2 Å². The zero-order valence-corrected chi connectivity index (χ0v) is 22.9. The van der Waals surface area contributed by atoms with Gasteiger partial charge in [0, 0.05) is 25.2 Å². The van der Waals surface area contributed by atoms with Gasteiger partial charge < -0.3 is 15.0 Å². The Morgan fingerprint density at radius 1 is 0.900 bits per heavy atom.